The van der Waals surface area contributed by atoms with Gasteiger partial charge in [0.1, 0.15) is 5.75 Å². The highest BCUT2D eigenvalue weighted by Gasteiger charge is 2.21. The van der Waals surface area contributed by atoms with Gasteiger partial charge >= 0.3 is 0 Å². The summed E-state index contributed by atoms with van der Waals surface area (Å²) < 4.78 is 11.8. The molecule has 1 atom stereocenters. The third-order valence-corrected chi connectivity index (χ3v) is 2.49. The summed E-state index contributed by atoms with van der Waals surface area (Å²) in [7, 11) is 0. The second-order valence-corrected chi connectivity index (χ2v) is 7.02. The smallest absolute Gasteiger partial charge is 0.200 e. The van der Waals surface area contributed by atoms with Gasteiger partial charge in [-0.1, -0.05) is 58.7 Å². The monoisotopic (exact) mass is 294 g/mol. The number of benzene rings is 1. The summed E-state index contributed by atoms with van der Waals surface area (Å²) in [6.45, 7) is 17.0. The fourth-order valence-electron chi connectivity index (χ4n) is 1.69. The molecule has 122 valence electrons. The molecule has 2 heteroatoms. The third kappa shape index (κ3) is 11.3. The molecule has 21 heavy (non-hydrogen) atoms. The van der Waals surface area contributed by atoms with Crippen molar-refractivity contribution in [3.05, 3.63) is 29.8 Å². The minimum absolute atomic E-state index is 0.169. The van der Waals surface area contributed by atoms with Crippen LogP contribution in [-0.2, 0) is 4.74 Å². The normalized spacial score (nSPS) is 12.6. The van der Waals surface area contributed by atoms with E-state index in [1.807, 2.05) is 26.0 Å². The molecule has 0 aliphatic heterocycles. The molecule has 0 heterocycles. The summed E-state index contributed by atoms with van der Waals surface area (Å²) >= 11 is 0. The van der Waals surface area contributed by atoms with Gasteiger partial charge in [0.15, 0.2) is 0 Å². The summed E-state index contributed by atoms with van der Waals surface area (Å²) in [4.78, 5) is 0. The Labute approximate surface area is 131 Å². The number of ether oxygens (including phenoxy) is 2. The van der Waals surface area contributed by atoms with Crippen LogP contribution in [0.25, 0.3) is 0 Å². The maximum Gasteiger partial charge on any atom is 0.200 e. The van der Waals surface area contributed by atoms with Crippen LogP contribution in [0.5, 0.6) is 5.75 Å². The van der Waals surface area contributed by atoms with Crippen LogP contribution >= 0.6 is 0 Å². The largest absolute Gasteiger partial charge is 0.465 e. The van der Waals surface area contributed by atoms with E-state index >= 15 is 0 Å². The minimum Gasteiger partial charge on any atom is -0.465 e. The van der Waals surface area contributed by atoms with Crippen LogP contribution in [-0.4, -0.2) is 12.4 Å². The molecule has 0 bridgehead atoms. The molecular weight excluding hydrogens is 260 g/mol. The standard InChI is InChI=1S/C16H26O2.C3H8/c1-12(2)17-15(11-16(4,5)6)18-14-9-7-13(3)8-10-14;1-3-2/h7-10,12,15H,11H2,1-6H3;3H2,1-2H3. The van der Waals surface area contributed by atoms with Crippen molar-refractivity contribution >= 4 is 0 Å². The molecule has 1 aromatic rings. The molecule has 1 unspecified atom stereocenters. The van der Waals surface area contributed by atoms with Crippen LogP contribution in [0.3, 0.4) is 0 Å². The van der Waals surface area contributed by atoms with Gasteiger partial charge in [0.2, 0.25) is 6.29 Å². The van der Waals surface area contributed by atoms with Crippen LogP contribution in [0.1, 0.15) is 66.9 Å². The van der Waals surface area contributed by atoms with E-state index in [2.05, 4.69) is 53.7 Å². The SMILES string of the molecule is CCC.Cc1ccc(OC(CC(C)(C)C)OC(C)C)cc1. The summed E-state index contributed by atoms with van der Waals surface area (Å²) in [6, 6.07) is 8.10. The van der Waals surface area contributed by atoms with Gasteiger partial charge in [0.25, 0.3) is 0 Å². The predicted molar refractivity (Wildman–Crippen MR) is 91.9 cm³/mol. The Morgan fingerprint density at radius 3 is 1.86 bits per heavy atom. The van der Waals surface area contributed by atoms with Gasteiger partial charge in [-0.3, -0.25) is 0 Å². The van der Waals surface area contributed by atoms with Gasteiger partial charge in [0, 0.05) is 6.42 Å². The van der Waals surface area contributed by atoms with E-state index in [-0.39, 0.29) is 17.8 Å². The highest BCUT2D eigenvalue weighted by Crippen LogP contribution is 2.25. The zero-order valence-electron chi connectivity index (χ0n) is 15.2. The number of rotatable bonds is 5. The van der Waals surface area contributed by atoms with Crippen molar-refractivity contribution in [1.82, 2.24) is 0 Å². The maximum absolute atomic E-state index is 5.93. The molecular formula is C19H34O2. The number of aryl methyl sites for hydroxylation is 1. The Balaban J connectivity index is 0.00000122. The molecule has 0 fully saturated rings. The highest BCUT2D eigenvalue weighted by atomic mass is 16.7. The summed E-state index contributed by atoms with van der Waals surface area (Å²) in [5, 5.41) is 0. The first-order valence-electron chi connectivity index (χ1n) is 8.06. The zero-order chi connectivity index (χ0) is 16.5. The van der Waals surface area contributed by atoms with E-state index in [1.165, 1.54) is 12.0 Å². The van der Waals surface area contributed by atoms with E-state index in [9.17, 15) is 0 Å². The van der Waals surface area contributed by atoms with Crippen molar-refractivity contribution in [1.29, 1.82) is 0 Å². The average molecular weight is 294 g/mol. The first-order chi connectivity index (χ1) is 9.67. The molecule has 0 amide bonds. The van der Waals surface area contributed by atoms with Gasteiger partial charge in [0.05, 0.1) is 6.10 Å². The van der Waals surface area contributed by atoms with Crippen molar-refractivity contribution in [2.75, 3.05) is 0 Å². The van der Waals surface area contributed by atoms with Crippen molar-refractivity contribution in [3.63, 3.8) is 0 Å². The van der Waals surface area contributed by atoms with Crippen LogP contribution in [0.4, 0.5) is 0 Å². The first kappa shape index (κ1) is 20.0. The average Bonchev–Trinajstić information content (AvgIpc) is 2.30. The number of hydrogen-bond donors (Lipinski definition) is 0. The van der Waals surface area contributed by atoms with E-state index < -0.39 is 0 Å². The number of hydrogen-bond acceptors (Lipinski definition) is 2. The lowest BCUT2D eigenvalue weighted by atomic mass is 9.92. The molecule has 0 spiro atoms. The van der Waals surface area contributed by atoms with E-state index in [4.69, 9.17) is 9.47 Å². The van der Waals surface area contributed by atoms with Crippen molar-refractivity contribution in [2.45, 2.75) is 80.6 Å². The van der Waals surface area contributed by atoms with E-state index in [1.54, 1.807) is 0 Å². The van der Waals surface area contributed by atoms with Crippen molar-refractivity contribution < 1.29 is 9.47 Å². The second-order valence-electron chi connectivity index (χ2n) is 7.02. The summed E-state index contributed by atoms with van der Waals surface area (Å²) in [6.07, 6.45) is 2.11. The summed E-state index contributed by atoms with van der Waals surface area (Å²) in [5.74, 6) is 0.871. The molecule has 1 rings (SSSR count). The Bertz CT molecular complexity index is 360. The molecule has 0 N–H and O–H groups in total. The maximum atomic E-state index is 5.93. The molecule has 2 nitrogen and oxygen atoms in total. The fourth-order valence-corrected chi connectivity index (χ4v) is 1.69. The Morgan fingerprint density at radius 2 is 1.48 bits per heavy atom. The first-order valence-corrected chi connectivity index (χ1v) is 8.06. The fraction of sp³-hybridized carbons (Fsp3) is 0.684. The molecule has 0 aromatic heterocycles. The van der Waals surface area contributed by atoms with E-state index in [0.29, 0.717) is 0 Å². The molecule has 0 aliphatic rings. The quantitative estimate of drug-likeness (QED) is 0.622. The molecule has 0 saturated heterocycles. The van der Waals surface area contributed by atoms with E-state index in [0.717, 1.165) is 12.2 Å². The van der Waals surface area contributed by atoms with Gasteiger partial charge in [-0.15, -0.1) is 0 Å². The molecule has 1 aromatic carbocycles. The minimum atomic E-state index is -0.187. The zero-order valence-corrected chi connectivity index (χ0v) is 15.2. The van der Waals surface area contributed by atoms with Crippen LogP contribution in [0.2, 0.25) is 0 Å². The topological polar surface area (TPSA) is 18.5 Å². The second kappa shape index (κ2) is 9.83. The lowest BCUT2D eigenvalue weighted by Crippen LogP contribution is -2.29. The lowest BCUT2D eigenvalue weighted by Gasteiger charge is -2.28. The van der Waals surface area contributed by atoms with Crippen LogP contribution in [0.15, 0.2) is 24.3 Å². The van der Waals surface area contributed by atoms with Gasteiger partial charge in [-0.2, -0.15) is 0 Å². The van der Waals surface area contributed by atoms with Crippen LogP contribution in [0, 0.1) is 12.3 Å². The molecule has 0 saturated carbocycles. The Kier molecular flexibility index (Phi) is 9.36. The lowest BCUT2D eigenvalue weighted by molar-refractivity contribution is -0.124. The molecule has 0 radical (unpaired) electrons. The Morgan fingerprint density at radius 1 is 1.00 bits per heavy atom. The van der Waals surface area contributed by atoms with Crippen molar-refractivity contribution in [2.24, 2.45) is 5.41 Å². The molecule has 0 aliphatic carbocycles. The van der Waals surface area contributed by atoms with Crippen LogP contribution < -0.4 is 4.74 Å². The Hall–Kier alpha value is -1.02. The van der Waals surface area contributed by atoms with Gasteiger partial charge in [-0.25, -0.2) is 0 Å². The third-order valence-electron chi connectivity index (χ3n) is 2.49. The van der Waals surface area contributed by atoms with Crippen molar-refractivity contribution in [3.8, 4) is 5.75 Å². The summed E-state index contributed by atoms with van der Waals surface area (Å²) in [5.41, 5.74) is 1.42. The van der Waals surface area contributed by atoms with Gasteiger partial charge < -0.3 is 9.47 Å². The van der Waals surface area contributed by atoms with Gasteiger partial charge in [-0.05, 0) is 38.3 Å². The highest BCUT2D eigenvalue weighted by molar-refractivity contribution is 5.26. The predicted octanol–water partition coefficient (Wildman–Crippen LogP) is 5.98.